The molecule has 0 fully saturated rings. The smallest absolute Gasteiger partial charge is 0.264 e. The monoisotopic (exact) mass is 255 g/mol. The Labute approximate surface area is 102 Å². The van der Waals surface area contributed by atoms with Gasteiger partial charge in [0.25, 0.3) is 10.0 Å². The number of hydrogen-bond acceptors (Lipinski definition) is 3. The first-order chi connectivity index (χ1) is 7.97. The van der Waals surface area contributed by atoms with Gasteiger partial charge in [-0.15, -0.1) is 0 Å². The Balaban J connectivity index is 2.78. The molecule has 1 aromatic rings. The SMILES string of the molecule is CCCC(C)C(=O)NS(=O)(=O)c1ccccc1. The summed E-state index contributed by atoms with van der Waals surface area (Å²) in [4.78, 5) is 11.7. The standard InChI is InChI=1S/C12H17NO3S/c1-3-7-10(2)12(14)13-17(15,16)11-8-5-4-6-9-11/h4-6,8-10H,3,7H2,1-2H3,(H,13,14). The summed E-state index contributed by atoms with van der Waals surface area (Å²) in [6.07, 6.45) is 1.52. The van der Waals surface area contributed by atoms with Crippen LogP contribution in [-0.4, -0.2) is 14.3 Å². The number of carbonyl (C=O) groups excluding carboxylic acids is 1. The summed E-state index contributed by atoms with van der Waals surface area (Å²) in [5.41, 5.74) is 0. The van der Waals surface area contributed by atoms with Crippen LogP contribution in [0.25, 0.3) is 0 Å². The summed E-state index contributed by atoms with van der Waals surface area (Å²) in [6, 6.07) is 7.88. The molecule has 17 heavy (non-hydrogen) atoms. The van der Waals surface area contributed by atoms with Gasteiger partial charge in [-0.2, -0.15) is 0 Å². The Kier molecular flexibility index (Phi) is 4.69. The Morgan fingerprint density at radius 2 is 1.88 bits per heavy atom. The number of carbonyl (C=O) groups is 1. The molecule has 0 spiro atoms. The van der Waals surface area contributed by atoms with Crippen molar-refractivity contribution >= 4 is 15.9 Å². The van der Waals surface area contributed by atoms with E-state index < -0.39 is 15.9 Å². The van der Waals surface area contributed by atoms with Crippen molar-refractivity contribution in [3.8, 4) is 0 Å². The first-order valence-electron chi connectivity index (χ1n) is 5.59. The molecule has 1 amide bonds. The predicted molar refractivity (Wildman–Crippen MR) is 65.8 cm³/mol. The molecule has 1 unspecified atom stereocenters. The van der Waals surface area contributed by atoms with Crippen LogP contribution in [0.1, 0.15) is 26.7 Å². The molecule has 1 N–H and O–H groups in total. The number of rotatable bonds is 5. The van der Waals surface area contributed by atoms with Crippen LogP contribution in [0.15, 0.2) is 35.2 Å². The van der Waals surface area contributed by atoms with Gasteiger partial charge in [0.1, 0.15) is 0 Å². The molecule has 0 saturated carbocycles. The van der Waals surface area contributed by atoms with Crippen LogP contribution in [0, 0.1) is 5.92 Å². The summed E-state index contributed by atoms with van der Waals surface area (Å²) in [5, 5.41) is 0. The number of amides is 1. The molecule has 1 aromatic carbocycles. The van der Waals surface area contributed by atoms with Gasteiger partial charge in [0.2, 0.25) is 5.91 Å². The molecular formula is C12H17NO3S. The molecule has 94 valence electrons. The highest BCUT2D eigenvalue weighted by Crippen LogP contribution is 2.10. The van der Waals surface area contributed by atoms with Gasteiger partial charge in [0.15, 0.2) is 0 Å². The first-order valence-corrected chi connectivity index (χ1v) is 7.07. The molecule has 5 heteroatoms. The third kappa shape index (κ3) is 3.85. The molecule has 0 aliphatic heterocycles. The number of nitrogens with one attached hydrogen (secondary N) is 1. The van der Waals surface area contributed by atoms with Gasteiger partial charge in [-0.1, -0.05) is 38.5 Å². The van der Waals surface area contributed by atoms with Crippen molar-refractivity contribution in [2.45, 2.75) is 31.6 Å². The lowest BCUT2D eigenvalue weighted by Crippen LogP contribution is -2.34. The van der Waals surface area contributed by atoms with Gasteiger partial charge < -0.3 is 0 Å². The lowest BCUT2D eigenvalue weighted by Gasteiger charge is -2.11. The third-order valence-corrected chi connectivity index (χ3v) is 3.82. The Morgan fingerprint density at radius 1 is 1.29 bits per heavy atom. The second-order valence-corrected chi connectivity index (χ2v) is 5.65. The summed E-state index contributed by atoms with van der Waals surface area (Å²) < 4.78 is 25.7. The van der Waals surface area contributed by atoms with E-state index in [4.69, 9.17) is 0 Å². The summed E-state index contributed by atoms with van der Waals surface area (Å²) in [5.74, 6) is -0.741. The second kappa shape index (κ2) is 5.82. The zero-order valence-electron chi connectivity index (χ0n) is 10.0. The van der Waals surface area contributed by atoms with Gasteiger partial charge in [0.05, 0.1) is 4.90 Å². The number of hydrogen-bond donors (Lipinski definition) is 1. The van der Waals surface area contributed by atoms with E-state index in [-0.39, 0.29) is 10.8 Å². The van der Waals surface area contributed by atoms with Crippen LogP contribution < -0.4 is 4.72 Å². The van der Waals surface area contributed by atoms with E-state index in [2.05, 4.69) is 4.72 Å². The van der Waals surface area contributed by atoms with Crippen LogP contribution >= 0.6 is 0 Å². The molecule has 0 aliphatic rings. The average Bonchev–Trinajstić information content (AvgIpc) is 2.30. The molecule has 4 nitrogen and oxygen atoms in total. The van der Waals surface area contributed by atoms with E-state index in [0.29, 0.717) is 6.42 Å². The summed E-state index contributed by atoms with van der Waals surface area (Å²) in [6.45, 7) is 3.68. The predicted octanol–water partition coefficient (Wildman–Crippen LogP) is 1.93. The number of benzene rings is 1. The molecule has 0 heterocycles. The van der Waals surface area contributed by atoms with Crippen LogP contribution in [0.4, 0.5) is 0 Å². The Hall–Kier alpha value is -1.36. The Bertz CT molecular complexity index is 468. The average molecular weight is 255 g/mol. The van der Waals surface area contributed by atoms with E-state index in [1.54, 1.807) is 25.1 Å². The van der Waals surface area contributed by atoms with Gasteiger partial charge in [-0.3, -0.25) is 4.79 Å². The minimum absolute atomic E-state index is 0.108. The fourth-order valence-electron chi connectivity index (χ4n) is 1.46. The van der Waals surface area contributed by atoms with Crippen molar-refractivity contribution in [1.29, 1.82) is 0 Å². The molecule has 0 aliphatic carbocycles. The van der Waals surface area contributed by atoms with Gasteiger partial charge in [-0.25, -0.2) is 13.1 Å². The molecule has 0 radical (unpaired) electrons. The summed E-state index contributed by atoms with van der Waals surface area (Å²) in [7, 11) is -3.72. The van der Waals surface area contributed by atoms with Gasteiger partial charge in [-0.05, 0) is 18.6 Å². The van der Waals surface area contributed by atoms with Crippen LogP contribution in [0.3, 0.4) is 0 Å². The van der Waals surface area contributed by atoms with Crippen molar-refractivity contribution in [2.24, 2.45) is 5.92 Å². The third-order valence-electron chi connectivity index (χ3n) is 2.46. The lowest BCUT2D eigenvalue weighted by atomic mass is 10.1. The molecule has 1 rings (SSSR count). The number of sulfonamides is 1. The minimum atomic E-state index is -3.72. The maximum atomic E-state index is 11.8. The van der Waals surface area contributed by atoms with E-state index in [1.165, 1.54) is 12.1 Å². The maximum Gasteiger partial charge on any atom is 0.264 e. The maximum absolute atomic E-state index is 11.8. The fourth-order valence-corrected chi connectivity index (χ4v) is 2.56. The van der Waals surface area contributed by atoms with Gasteiger partial charge in [0, 0.05) is 5.92 Å². The van der Waals surface area contributed by atoms with Crippen molar-refractivity contribution < 1.29 is 13.2 Å². The Morgan fingerprint density at radius 3 is 2.41 bits per heavy atom. The first kappa shape index (κ1) is 13.7. The van der Waals surface area contributed by atoms with Gasteiger partial charge >= 0.3 is 0 Å². The van der Waals surface area contributed by atoms with Crippen LogP contribution in [0.5, 0.6) is 0 Å². The van der Waals surface area contributed by atoms with Crippen molar-refractivity contribution in [2.75, 3.05) is 0 Å². The zero-order valence-corrected chi connectivity index (χ0v) is 10.8. The fraction of sp³-hybridized carbons (Fsp3) is 0.417. The van der Waals surface area contributed by atoms with Crippen LogP contribution in [0.2, 0.25) is 0 Å². The van der Waals surface area contributed by atoms with Crippen molar-refractivity contribution in [1.82, 2.24) is 4.72 Å². The second-order valence-electron chi connectivity index (χ2n) is 3.97. The van der Waals surface area contributed by atoms with Crippen LogP contribution in [-0.2, 0) is 14.8 Å². The van der Waals surface area contributed by atoms with Crippen molar-refractivity contribution in [3.63, 3.8) is 0 Å². The molecule has 0 aromatic heterocycles. The quantitative estimate of drug-likeness (QED) is 0.874. The van der Waals surface area contributed by atoms with E-state index in [9.17, 15) is 13.2 Å². The largest absolute Gasteiger partial charge is 0.274 e. The highest BCUT2D eigenvalue weighted by molar-refractivity contribution is 7.90. The normalized spacial score (nSPS) is 13.1. The van der Waals surface area contributed by atoms with Crippen molar-refractivity contribution in [3.05, 3.63) is 30.3 Å². The minimum Gasteiger partial charge on any atom is -0.274 e. The molecule has 0 saturated heterocycles. The van der Waals surface area contributed by atoms with E-state index in [1.807, 2.05) is 6.92 Å². The highest BCUT2D eigenvalue weighted by Gasteiger charge is 2.20. The molecule has 0 bridgehead atoms. The topological polar surface area (TPSA) is 63.2 Å². The van der Waals surface area contributed by atoms with E-state index in [0.717, 1.165) is 6.42 Å². The molecular weight excluding hydrogens is 238 g/mol. The van der Waals surface area contributed by atoms with E-state index >= 15 is 0 Å². The molecule has 1 atom stereocenters. The summed E-state index contributed by atoms with van der Waals surface area (Å²) >= 11 is 0. The lowest BCUT2D eigenvalue weighted by molar-refractivity contribution is -0.122. The zero-order chi connectivity index (χ0) is 12.9. The highest BCUT2D eigenvalue weighted by atomic mass is 32.2.